The molecule has 1 heterocycles. The first-order valence-electron chi connectivity index (χ1n) is 7.75. The molecule has 1 fully saturated rings. The number of carbonyl (C=O) groups is 1. The highest BCUT2D eigenvalue weighted by Crippen LogP contribution is 2.32. The Bertz CT molecular complexity index is 923. The fraction of sp³-hybridized carbons (Fsp3) is 0.0526. The van der Waals surface area contributed by atoms with Gasteiger partial charge in [0.25, 0.3) is 11.6 Å². The van der Waals surface area contributed by atoms with Crippen LogP contribution in [0.3, 0.4) is 0 Å². The van der Waals surface area contributed by atoms with Crippen molar-refractivity contribution in [2.24, 2.45) is 0 Å². The van der Waals surface area contributed by atoms with Gasteiger partial charge in [-0.1, -0.05) is 72.5 Å². The van der Waals surface area contributed by atoms with Gasteiger partial charge in [-0.05, 0) is 23.8 Å². The van der Waals surface area contributed by atoms with E-state index in [1.807, 2.05) is 30.3 Å². The topological polar surface area (TPSA) is 63.4 Å². The van der Waals surface area contributed by atoms with Crippen LogP contribution in [-0.4, -0.2) is 20.1 Å². The molecule has 26 heavy (non-hydrogen) atoms. The molecule has 1 aliphatic heterocycles. The van der Waals surface area contributed by atoms with Crippen molar-refractivity contribution >= 4 is 46.0 Å². The summed E-state index contributed by atoms with van der Waals surface area (Å²) in [7, 11) is 0. The first-order chi connectivity index (χ1) is 12.6. The Labute approximate surface area is 160 Å². The molecule has 7 heteroatoms. The van der Waals surface area contributed by atoms with Crippen LogP contribution >= 0.6 is 24.0 Å². The molecular weight excluding hydrogens is 368 g/mol. The van der Waals surface area contributed by atoms with E-state index in [1.165, 1.54) is 17.8 Å². The second-order valence-corrected chi connectivity index (χ2v) is 7.13. The van der Waals surface area contributed by atoms with Crippen LogP contribution in [0.2, 0.25) is 0 Å². The standard InChI is InChI=1S/C19H14N2O3S2/c22-18-17(12-6-10-15-9-4-5-11-16(15)21(23)24)26-19(25)20(18)13-14-7-2-1-3-8-14/h1-12H,13H2/b10-6+,17-12-. The minimum absolute atomic E-state index is 0.0220. The van der Waals surface area contributed by atoms with Gasteiger partial charge in [0.05, 0.1) is 21.9 Å². The normalized spacial score (nSPS) is 16.0. The van der Waals surface area contributed by atoms with E-state index in [0.29, 0.717) is 21.3 Å². The van der Waals surface area contributed by atoms with Gasteiger partial charge in [-0.3, -0.25) is 19.8 Å². The number of nitro benzene ring substituents is 1. The van der Waals surface area contributed by atoms with Gasteiger partial charge in [0.1, 0.15) is 4.32 Å². The van der Waals surface area contributed by atoms with Crippen LogP contribution < -0.4 is 0 Å². The number of hydrogen-bond acceptors (Lipinski definition) is 5. The Morgan fingerprint density at radius 3 is 2.54 bits per heavy atom. The van der Waals surface area contributed by atoms with Gasteiger partial charge >= 0.3 is 0 Å². The molecule has 0 spiro atoms. The fourth-order valence-electron chi connectivity index (χ4n) is 2.45. The lowest BCUT2D eigenvalue weighted by Crippen LogP contribution is -2.27. The molecule has 2 aromatic rings. The van der Waals surface area contributed by atoms with Crippen molar-refractivity contribution in [2.45, 2.75) is 6.54 Å². The van der Waals surface area contributed by atoms with Crippen LogP contribution in [0, 0.1) is 10.1 Å². The molecule has 1 aliphatic rings. The number of para-hydroxylation sites is 1. The quantitative estimate of drug-likeness (QED) is 0.328. The summed E-state index contributed by atoms with van der Waals surface area (Å²) in [6.45, 7) is 0.427. The zero-order valence-corrected chi connectivity index (χ0v) is 15.2. The van der Waals surface area contributed by atoms with E-state index in [-0.39, 0.29) is 11.6 Å². The number of benzene rings is 2. The highest BCUT2D eigenvalue weighted by Gasteiger charge is 2.31. The Morgan fingerprint density at radius 1 is 1.12 bits per heavy atom. The average molecular weight is 382 g/mol. The number of nitrogens with zero attached hydrogens (tertiary/aromatic N) is 2. The summed E-state index contributed by atoms with van der Waals surface area (Å²) in [5, 5.41) is 11.0. The lowest BCUT2D eigenvalue weighted by atomic mass is 10.1. The SMILES string of the molecule is O=C1/C(=C/C=C/c2ccccc2[N+](=O)[O-])SC(=S)N1Cc1ccccc1. The van der Waals surface area contributed by atoms with Crippen LogP contribution in [0.5, 0.6) is 0 Å². The number of amides is 1. The van der Waals surface area contributed by atoms with Gasteiger partial charge in [0.2, 0.25) is 0 Å². The van der Waals surface area contributed by atoms with Gasteiger partial charge in [0.15, 0.2) is 0 Å². The minimum Gasteiger partial charge on any atom is -0.288 e. The van der Waals surface area contributed by atoms with Gasteiger partial charge in [-0.2, -0.15) is 0 Å². The molecule has 0 saturated carbocycles. The van der Waals surface area contributed by atoms with E-state index in [4.69, 9.17) is 12.2 Å². The molecule has 0 N–H and O–H groups in total. The maximum absolute atomic E-state index is 12.5. The molecule has 5 nitrogen and oxygen atoms in total. The van der Waals surface area contributed by atoms with Gasteiger partial charge in [-0.25, -0.2) is 0 Å². The average Bonchev–Trinajstić information content (AvgIpc) is 2.90. The number of carbonyl (C=O) groups excluding carboxylic acids is 1. The molecule has 0 aromatic heterocycles. The molecule has 0 radical (unpaired) electrons. The first-order valence-corrected chi connectivity index (χ1v) is 8.98. The molecule has 0 atom stereocenters. The predicted molar refractivity (Wildman–Crippen MR) is 107 cm³/mol. The van der Waals surface area contributed by atoms with Crippen LogP contribution in [0.25, 0.3) is 6.08 Å². The zero-order chi connectivity index (χ0) is 18.5. The summed E-state index contributed by atoms with van der Waals surface area (Å²) in [6.07, 6.45) is 4.89. The van der Waals surface area contributed by atoms with E-state index in [1.54, 1.807) is 41.3 Å². The number of rotatable bonds is 5. The van der Waals surface area contributed by atoms with Crippen LogP contribution in [0.1, 0.15) is 11.1 Å². The Kier molecular flexibility index (Phi) is 5.60. The maximum Gasteiger partial charge on any atom is 0.276 e. The van der Waals surface area contributed by atoms with Crippen molar-refractivity contribution in [3.05, 3.63) is 92.9 Å². The number of hydrogen-bond donors (Lipinski definition) is 0. The van der Waals surface area contributed by atoms with Crippen LogP contribution in [-0.2, 0) is 11.3 Å². The summed E-state index contributed by atoms with van der Waals surface area (Å²) in [5.74, 6) is -0.156. The summed E-state index contributed by atoms with van der Waals surface area (Å²) in [4.78, 5) is 25.2. The number of thioether (sulfide) groups is 1. The van der Waals surface area contributed by atoms with Crippen LogP contribution in [0.4, 0.5) is 5.69 Å². The number of nitro groups is 1. The van der Waals surface area contributed by atoms with Gasteiger partial charge in [-0.15, -0.1) is 0 Å². The molecule has 2 aromatic carbocycles. The Balaban J connectivity index is 1.75. The molecule has 130 valence electrons. The number of thiocarbonyl (C=S) groups is 1. The molecule has 0 bridgehead atoms. The first kappa shape index (κ1) is 18.0. The number of allylic oxidation sites excluding steroid dienone is 2. The molecule has 1 amide bonds. The summed E-state index contributed by atoms with van der Waals surface area (Å²) in [6, 6.07) is 16.1. The smallest absolute Gasteiger partial charge is 0.276 e. The molecular formula is C19H14N2O3S2. The highest BCUT2D eigenvalue weighted by molar-refractivity contribution is 8.26. The minimum atomic E-state index is -0.432. The fourth-order valence-corrected chi connectivity index (χ4v) is 3.66. The van der Waals surface area contributed by atoms with Crippen molar-refractivity contribution in [1.82, 2.24) is 4.90 Å². The van der Waals surface area contributed by atoms with Crippen molar-refractivity contribution in [2.75, 3.05) is 0 Å². The molecule has 3 rings (SSSR count). The van der Waals surface area contributed by atoms with E-state index in [9.17, 15) is 14.9 Å². The predicted octanol–water partition coefficient (Wildman–Crippen LogP) is 4.55. The maximum atomic E-state index is 12.5. The van der Waals surface area contributed by atoms with Gasteiger partial charge < -0.3 is 0 Å². The lowest BCUT2D eigenvalue weighted by molar-refractivity contribution is -0.385. The monoisotopic (exact) mass is 382 g/mol. The van der Waals surface area contributed by atoms with E-state index < -0.39 is 4.92 Å². The summed E-state index contributed by atoms with van der Waals surface area (Å²) < 4.78 is 0.504. The van der Waals surface area contributed by atoms with Crippen molar-refractivity contribution in [3.8, 4) is 0 Å². The van der Waals surface area contributed by atoms with E-state index >= 15 is 0 Å². The lowest BCUT2D eigenvalue weighted by Gasteiger charge is -2.14. The largest absolute Gasteiger partial charge is 0.288 e. The summed E-state index contributed by atoms with van der Waals surface area (Å²) in [5.41, 5.74) is 1.50. The molecule has 0 aliphatic carbocycles. The Morgan fingerprint density at radius 2 is 1.81 bits per heavy atom. The third kappa shape index (κ3) is 4.07. The van der Waals surface area contributed by atoms with Crippen molar-refractivity contribution in [3.63, 3.8) is 0 Å². The highest BCUT2D eigenvalue weighted by atomic mass is 32.2. The third-order valence-electron chi connectivity index (χ3n) is 3.71. The zero-order valence-electron chi connectivity index (χ0n) is 13.6. The van der Waals surface area contributed by atoms with Crippen molar-refractivity contribution < 1.29 is 9.72 Å². The van der Waals surface area contributed by atoms with E-state index in [2.05, 4.69) is 0 Å². The molecule has 1 saturated heterocycles. The van der Waals surface area contributed by atoms with Crippen molar-refractivity contribution in [1.29, 1.82) is 0 Å². The van der Waals surface area contributed by atoms with E-state index in [0.717, 1.165) is 5.56 Å². The third-order valence-corrected chi connectivity index (χ3v) is 5.11. The summed E-state index contributed by atoms with van der Waals surface area (Å²) >= 11 is 6.54. The van der Waals surface area contributed by atoms with Gasteiger partial charge in [0, 0.05) is 6.07 Å². The molecule has 0 unspecified atom stereocenters. The second kappa shape index (κ2) is 8.07. The van der Waals surface area contributed by atoms with Crippen LogP contribution in [0.15, 0.2) is 71.7 Å². The second-order valence-electron chi connectivity index (χ2n) is 5.45. The Hall–Kier alpha value is -2.77.